The highest BCUT2D eigenvalue weighted by Crippen LogP contribution is 2.21. The van der Waals surface area contributed by atoms with E-state index in [1.165, 1.54) is 6.07 Å². The van der Waals surface area contributed by atoms with Crippen LogP contribution in [0.1, 0.15) is 23.2 Å². The van der Waals surface area contributed by atoms with Gasteiger partial charge in [-0.05, 0) is 46.4 Å². The van der Waals surface area contributed by atoms with Gasteiger partial charge in [0.1, 0.15) is 0 Å². The fraction of sp³-hybridized carbons (Fsp3) is 0.300. The Morgan fingerprint density at radius 1 is 1.44 bits per heavy atom. The van der Waals surface area contributed by atoms with Crippen molar-refractivity contribution in [3.05, 3.63) is 28.2 Å². The summed E-state index contributed by atoms with van der Waals surface area (Å²) in [5.74, 6) is -0.183. The number of amides is 1. The van der Waals surface area contributed by atoms with Crippen LogP contribution in [0.15, 0.2) is 22.7 Å². The van der Waals surface area contributed by atoms with Gasteiger partial charge in [-0.15, -0.1) is 0 Å². The van der Waals surface area contributed by atoms with E-state index >= 15 is 0 Å². The molecule has 1 saturated carbocycles. The van der Waals surface area contributed by atoms with E-state index in [9.17, 15) is 4.79 Å². The predicted octanol–water partition coefficient (Wildman–Crippen LogP) is 0.0211. The number of rotatable bonds is 3. The van der Waals surface area contributed by atoms with Crippen LogP contribution < -0.4 is 10.8 Å². The van der Waals surface area contributed by atoms with Crippen molar-refractivity contribution >= 4 is 34.4 Å². The molecule has 84 valence electrons. The summed E-state index contributed by atoms with van der Waals surface area (Å²) >= 11 is 3.27. The largest absolute Gasteiger partial charge is 0.488 e. The first-order valence-electron chi connectivity index (χ1n) is 5.04. The van der Waals surface area contributed by atoms with Crippen molar-refractivity contribution in [2.24, 2.45) is 0 Å². The average Bonchev–Trinajstić information content (AvgIpc) is 3.01. The van der Waals surface area contributed by atoms with Gasteiger partial charge in [-0.25, -0.2) is 0 Å². The molecular formula is C10H11BBrNO3. The molecule has 1 fully saturated rings. The van der Waals surface area contributed by atoms with Crippen molar-refractivity contribution < 1.29 is 14.8 Å². The highest BCUT2D eigenvalue weighted by atomic mass is 79.9. The van der Waals surface area contributed by atoms with Gasteiger partial charge < -0.3 is 15.4 Å². The zero-order valence-electron chi connectivity index (χ0n) is 8.48. The molecule has 1 aliphatic carbocycles. The first kappa shape index (κ1) is 11.6. The Morgan fingerprint density at radius 3 is 2.69 bits per heavy atom. The minimum atomic E-state index is -1.56. The predicted molar refractivity (Wildman–Crippen MR) is 64.5 cm³/mol. The number of carbonyl (C=O) groups excluding carboxylic acids is 1. The third kappa shape index (κ3) is 2.64. The summed E-state index contributed by atoms with van der Waals surface area (Å²) in [7, 11) is -1.56. The first-order valence-corrected chi connectivity index (χ1v) is 5.83. The number of halogens is 1. The van der Waals surface area contributed by atoms with Crippen LogP contribution in [-0.2, 0) is 0 Å². The van der Waals surface area contributed by atoms with E-state index in [1.807, 2.05) is 0 Å². The monoisotopic (exact) mass is 283 g/mol. The number of nitrogens with one attached hydrogen (secondary N) is 1. The minimum absolute atomic E-state index is 0.183. The SMILES string of the molecule is O=C(NC1CC1)c1cc(B(O)O)ccc1Br. The van der Waals surface area contributed by atoms with Crippen LogP contribution in [0.4, 0.5) is 0 Å². The minimum Gasteiger partial charge on any atom is -0.423 e. The lowest BCUT2D eigenvalue weighted by Gasteiger charge is -2.07. The number of benzene rings is 1. The highest BCUT2D eigenvalue weighted by molar-refractivity contribution is 9.10. The molecule has 0 radical (unpaired) electrons. The molecule has 6 heteroatoms. The van der Waals surface area contributed by atoms with E-state index in [1.54, 1.807) is 12.1 Å². The third-order valence-corrected chi connectivity index (χ3v) is 3.14. The molecule has 1 aromatic carbocycles. The lowest BCUT2D eigenvalue weighted by Crippen LogP contribution is -2.32. The fourth-order valence-corrected chi connectivity index (χ4v) is 1.80. The molecule has 0 atom stereocenters. The first-order chi connectivity index (χ1) is 7.58. The Morgan fingerprint density at radius 2 is 2.12 bits per heavy atom. The molecule has 0 aromatic heterocycles. The molecule has 2 rings (SSSR count). The van der Waals surface area contributed by atoms with E-state index in [2.05, 4.69) is 21.2 Å². The zero-order valence-corrected chi connectivity index (χ0v) is 10.1. The van der Waals surface area contributed by atoms with Gasteiger partial charge in [-0.1, -0.05) is 6.07 Å². The second-order valence-corrected chi connectivity index (χ2v) is 4.72. The van der Waals surface area contributed by atoms with Crippen molar-refractivity contribution in [3.63, 3.8) is 0 Å². The molecule has 1 amide bonds. The Hall–Kier alpha value is -0.845. The van der Waals surface area contributed by atoms with Crippen LogP contribution in [0.5, 0.6) is 0 Å². The number of hydrogen-bond donors (Lipinski definition) is 3. The summed E-state index contributed by atoms with van der Waals surface area (Å²) in [5, 5.41) is 20.9. The van der Waals surface area contributed by atoms with Gasteiger partial charge in [0, 0.05) is 10.5 Å². The molecule has 0 bridgehead atoms. The normalized spacial score (nSPS) is 14.7. The molecule has 0 unspecified atom stereocenters. The van der Waals surface area contributed by atoms with Crippen molar-refractivity contribution in [2.75, 3.05) is 0 Å². The average molecular weight is 284 g/mol. The van der Waals surface area contributed by atoms with Gasteiger partial charge in [0.2, 0.25) is 0 Å². The van der Waals surface area contributed by atoms with Crippen LogP contribution >= 0.6 is 15.9 Å². The molecular weight excluding hydrogens is 273 g/mol. The van der Waals surface area contributed by atoms with E-state index < -0.39 is 7.12 Å². The standard InChI is InChI=1S/C10H11BBrNO3/c12-9-4-1-6(11(15)16)5-8(9)10(14)13-7-2-3-7/h1,4-5,7,15-16H,2-3H2,(H,13,14). The zero-order chi connectivity index (χ0) is 11.7. The summed E-state index contributed by atoms with van der Waals surface area (Å²) in [6.45, 7) is 0. The summed E-state index contributed by atoms with van der Waals surface area (Å²) in [5.41, 5.74) is 0.738. The van der Waals surface area contributed by atoms with Crippen molar-refractivity contribution in [1.29, 1.82) is 0 Å². The lowest BCUT2D eigenvalue weighted by atomic mass is 9.79. The van der Waals surface area contributed by atoms with Gasteiger partial charge >= 0.3 is 7.12 Å². The Kier molecular flexibility index (Phi) is 3.32. The smallest absolute Gasteiger partial charge is 0.423 e. The van der Waals surface area contributed by atoms with Gasteiger partial charge in [-0.2, -0.15) is 0 Å². The van der Waals surface area contributed by atoms with Gasteiger partial charge in [0.05, 0.1) is 5.56 Å². The van der Waals surface area contributed by atoms with Gasteiger partial charge in [0.25, 0.3) is 5.91 Å². The number of carbonyl (C=O) groups is 1. The molecule has 1 aliphatic rings. The molecule has 1 aromatic rings. The van der Waals surface area contributed by atoms with E-state index in [0.717, 1.165) is 12.8 Å². The molecule has 0 spiro atoms. The molecule has 3 N–H and O–H groups in total. The maximum Gasteiger partial charge on any atom is 0.488 e. The summed E-state index contributed by atoms with van der Waals surface area (Å²) < 4.78 is 0.648. The molecule has 0 aliphatic heterocycles. The summed E-state index contributed by atoms with van der Waals surface area (Å²) in [6.07, 6.45) is 2.04. The summed E-state index contributed by atoms with van der Waals surface area (Å²) in [6, 6.07) is 4.95. The second-order valence-electron chi connectivity index (χ2n) is 3.86. The van der Waals surface area contributed by atoms with Crippen LogP contribution in [0.2, 0.25) is 0 Å². The molecule has 4 nitrogen and oxygen atoms in total. The summed E-state index contributed by atoms with van der Waals surface area (Å²) in [4.78, 5) is 11.8. The van der Waals surface area contributed by atoms with E-state index in [4.69, 9.17) is 10.0 Å². The van der Waals surface area contributed by atoms with Crippen molar-refractivity contribution in [3.8, 4) is 0 Å². The second kappa shape index (κ2) is 4.57. The topological polar surface area (TPSA) is 69.6 Å². The fourth-order valence-electron chi connectivity index (χ4n) is 1.37. The third-order valence-electron chi connectivity index (χ3n) is 2.45. The molecule has 16 heavy (non-hydrogen) atoms. The Bertz CT molecular complexity index is 421. The lowest BCUT2D eigenvalue weighted by molar-refractivity contribution is 0.0950. The quantitative estimate of drug-likeness (QED) is 0.685. The van der Waals surface area contributed by atoms with Crippen LogP contribution in [0, 0.1) is 0 Å². The van der Waals surface area contributed by atoms with Crippen LogP contribution in [-0.4, -0.2) is 29.1 Å². The van der Waals surface area contributed by atoms with Gasteiger partial charge in [0.15, 0.2) is 0 Å². The Balaban J connectivity index is 2.23. The molecule has 0 heterocycles. The van der Waals surface area contributed by atoms with E-state index in [0.29, 0.717) is 15.5 Å². The van der Waals surface area contributed by atoms with Crippen molar-refractivity contribution in [1.82, 2.24) is 5.32 Å². The van der Waals surface area contributed by atoms with Crippen LogP contribution in [0.3, 0.4) is 0 Å². The highest BCUT2D eigenvalue weighted by Gasteiger charge is 2.25. The maximum absolute atomic E-state index is 11.8. The van der Waals surface area contributed by atoms with Crippen molar-refractivity contribution in [2.45, 2.75) is 18.9 Å². The van der Waals surface area contributed by atoms with Crippen LogP contribution in [0.25, 0.3) is 0 Å². The molecule has 0 saturated heterocycles. The Labute approximate surface area is 102 Å². The number of hydrogen-bond acceptors (Lipinski definition) is 3. The van der Waals surface area contributed by atoms with E-state index in [-0.39, 0.29) is 11.9 Å². The maximum atomic E-state index is 11.8. The van der Waals surface area contributed by atoms with Gasteiger partial charge in [-0.3, -0.25) is 4.79 Å².